The Labute approximate surface area is 242 Å². The Morgan fingerprint density at radius 1 is 1.12 bits per heavy atom. The van der Waals surface area contributed by atoms with Gasteiger partial charge < -0.3 is 20.5 Å². The summed E-state index contributed by atoms with van der Waals surface area (Å²) in [6.07, 6.45) is 4.85. The van der Waals surface area contributed by atoms with Crippen LogP contribution in [-0.2, 0) is 4.79 Å². The molecule has 3 heterocycles. The molecule has 0 spiro atoms. The summed E-state index contributed by atoms with van der Waals surface area (Å²) in [5.74, 6) is 1.42. The molecule has 0 radical (unpaired) electrons. The van der Waals surface area contributed by atoms with E-state index in [1.54, 1.807) is 11.1 Å². The maximum atomic E-state index is 13.6. The van der Waals surface area contributed by atoms with E-state index in [1.165, 1.54) is 11.3 Å². The molecule has 3 amide bonds. The van der Waals surface area contributed by atoms with Crippen molar-refractivity contribution in [3.05, 3.63) is 71.2 Å². The number of nitrogens with zero attached hydrogens (tertiary/aromatic N) is 2. The number of thiophene rings is 1. The summed E-state index contributed by atoms with van der Waals surface area (Å²) >= 11 is 1.35. The van der Waals surface area contributed by atoms with Crippen LogP contribution in [0.4, 0.5) is 21.9 Å². The van der Waals surface area contributed by atoms with Crippen molar-refractivity contribution in [2.24, 2.45) is 0 Å². The molecular formula is C31H33N5O4S. The summed E-state index contributed by atoms with van der Waals surface area (Å²) in [5.41, 5.74) is 2.87. The monoisotopic (exact) mass is 571 g/mol. The van der Waals surface area contributed by atoms with Gasteiger partial charge >= 0.3 is 6.03 Å². The van der Waals surface area contributed by atoms with E-state index in [9.17, 15) is 14.7 Å². The number of aromatic nitrogens is 1. The molecule has 2 aromatic heterocycles. The summed E-state index contributed by atoms with van der Waals surface area (Å²) in [4.78, 5) is 33.2. The van der Waals surface area contributed by atoms with E-state index in [0.717, 1.165) is 52.9 Å². The lowest BCUT2D eigenvalue weighted by Gasteiger charge is -2.34. The van der Waals surface area contributed by atoms with Crippen LogP contribution in [-0.4, -0.2) is 34.1 Å². The second-order valence-corrected chi connectivity index (χ2v) is 11.5. The van der Waals surface area contributed by atoms with Crippen LogP contribution in [0.3, 0.4) is 0 Å². The number of anilines is 3. The van der Waals surface area contributed by atoms with Gasteiger partial charge in [0, 0.05) is 24.7 Å². The highest BCUT2D eigenvalue weighted by Gasteiger charge is 2.35. The summed E-state index contributed by atoms with van der Waals surface area (Å²) in [7, 11) is 0. The van der Waals surface area contributed by atoms with Crippen molar-refractivity contribution in [1.29, 1.82) is 0 Å². The van der Waals surface area contributed by atoms with Gasteiger partial charge in [0.15, 0.2) is 0 Å². The minimum Gasteiger partial charge on any atom is -0.457 e. The molecule has 1 fully saturated rings. The van der Waals surface area contributed by atoms with E-state index in [4.69, 9.17) is 4.74 Å². The van der Waals surface area contributed by atoms with Crippen molar-refractivity contribution in [2.45, 2.75) is 64.3 Å². The van der Waals surface area contributed by atoms with Gasteiger partial charge in [-0.3, -0.25) is 15.0 Å². The molecule has 3 atom stereocenters. The van der Waals surface area contributed by atoms with Crippen LogP contribution in [0.2, 0.25) is 0 Å². The number of carbonyl (C=O) groups excluding carboxylic acids is 2. The smallest absolute Gasteiger partial charge is 0.331 e. The fourth-order valence-corrected chi connectivity index (χ4v) is 6.76. The second kappa shape index (κ2) is 11.5. The van der Waals surface area contributed by atoms with Crippen LogP contribution >= 0.6 is 11.3 Å². The number of aliphatic hydroxyl groups is 1. The molecule has 2 aliphatic rings. The molecule has 4 N–H and O–H groups in total. The quantitative estimate of drug-likeness (QED) is 0.180. The Morgan fingerprint density at radius 3 is 2.66 bits per heavy atom. The number of rotatable bonds is 8. The number of aryl methyl sites for hydroxylation is 1. The van der Waals surface area contributed by atoms with E-state index >= 15 is 0 Å². The zero-order valence-electron chi connectivity index (χ0n) is 23.0. The van der Waals surface area contributed by atoms with Gasteiger partial charge in [0.1, 0.15) is 22.6 Å². The number of pyridine rings is 1. The highest BCUT2D eigenvalue weighted by molar-refractivity contribution is 7.19. The molecule has 41 heavy (non-hydrogen) atoms. The SMILES string of the molecule is CCC(=O)N[C@@H]1CCCC[C@H]1NC(O)c1sc2nccc3c2c1NC(=O)N3c1ccc(Oc2ccccc2)cc1C. The summed E-state index contributed by atoms with van der Waals surface area (Å²) in [6.45, 7) is 3.78. The Balaban J connectivity index is 1.29. The summed E-state index contributed by atoms with van der Waals surface area (Å²) in [5, 5.41) is 21.6. The molecule has 6 rings (SSSR count). The Morgan fingerprint density at radius 2 is 1.90 bits per heavy atom. The van der Waals surface area contributed by atoms with Crippen molar-refractivity contribution in [3.8, 4) is 11.5 Å². The average Bonchev–Trinajstić information content (AvgIpc) is 3.35. The largest absolute Gasteiger partial charge is 0.457 e. The summed E-state index contributed by atoms with van der Waals surface area (Å²) < 4.78 is 5.98. The molecule has 9 nitrogen and oxygen atoms in total. The number of urea groups is 1. The molecule has 212 valence electrons. The molecule has 1 unspecified atom stereocenters. The van der Waals surface area contributed by atoms with Crippen molar-refractivity contribution >= 4 is 50.6 Å². The molecular weight excluding hydrogens is 538 g/mol. The number of para-hydroxylation sites is 1. The van der Waals surface area contributed by atoms with Gasteiger partial charge in [0.05, 0.1) is 27.3 Å². The number of hydrogen-bond acceptors (Lipinski definition) is 7. The molecule has 1 aliphatic heterocycles. The molecule has 10 heteroatoms. The first-order valence-electron chi connectivity index (χ1n) is 14.0. The Hall–Kier alpha value is -3.99. The Kier molecular flexibility index (Phi) is 7.61. The highest BCUT2D eigenvalue weighted by atomic mass is 32.1. The van der Waals surface area contributed by atoms with Crippen LogP contribution in [0.5, 0.6) is 11.5 Å². The lowest BCUT2D eigenvalue weighted by Crippen LogP contribution is -2.52. The molecule has 4 aromatic rings. The lowest BCUT2D eigenvalue weighted by atomic mass is 9.90. The lowest BCUT2D eigenvalue weighted by molar-refractivity contribution is -0.122. The number of amides is 3. The zero-order chi connectivity index (χ0) is 28.5. The standard InChI is InChI=1S/C31H33N5O4S/c1-3-25(37)33-21-11-7-8-12-22(21)34-29(38)28-27-26-24(15-16-32-30(26)41-28)36(31(39)35-27)23-14-13-20(17-18(23)2)40-19-9-5-4-6-10-19/h4-6,9-10,13-17,21-22,29,34,38H,3,7-8,11-12H2,1-2H3,(H,33,37)(H,35,39)/t21-,22-,29?/m1/s1. The van der Waals surface area contributed by atoms with Crippen molar-refractivity contribution in [2.75, 3.05) is 10.2 Å². The predicted molar refractivity (Wildman–Crippen MR) is 161 cm³/mol. The van der Waals surface area contributed by atoms with Gasteiger partial charge in [-0.15, -0.1) is 11.3 Å². The first-order valence-corrected chi connectivity index (χ1v) is 14.8. The zero-order valence-corrected chi connectivity index (χ0v) is 23.8. The van der Waals surface area contributed by atoms with Crippen molar-refractivity contribution in [1.82, 2.24) is 15.6 Å². The number of nitrogens with one attached hydrogen (secondary N) is 3. The van der Waals surface area contributed by atoms with Gasteiger partial charge in [-0.2, -0.15) is 0 Å². The topological polar surface area (TPSA) is 116 Å². The van der Waals surface area contributed by atoms with Gasteiger partial charge in [-0.05, 0) is 61.7 Å². The van der Waals surface area contributed by atoms with E-state index in [0.29, 0.717) is 28.4 Å². The third kappa shape index (κ3) is 5.38. The van der Waals surface area contributed by atoms with E-state index in [2.05, 4.69) is 20.9 Å². The third-order valence-electron chi connectivity index (χ3n) is 7.71. The minimum atomic E-state index is -1.02. The highest BCUT2D eigenvalue weighted by Crippen LogP contribution is 2.48. The molecule has 1 aliphatic carbocycles. The molecule has 1 saturated carbocycles. The number of ether oxygens (including phenoxy) is 1. The van der Waals surface area contributed by atoms with Crippen LogP contribution in [0, 0.1) is 6.92 Å². The average molecular weight is 572 g/mol. The molecule has 2 aromatic carbocycles. The van der Waals surface area contributed by atoms with Crippen molar-refractivity contribution < 1.29 is 19.4 Å². The number of benzene rings is 2. The maximum Gasteiger partial charge on any atom is 0.331 e. The van der Waals surface area contributed by atoms with Crippen molar-refractivity contribution in [3.63, 3.8) is 0 Å². The van der Waals surface area contributed by atoms with Gasteiger partial charge in [0.25, 0.3) is 0 Å². The predicted octanol–water partition coefficient (Wildman–Crippen LogP) is 6.50. The molecule has 0 saturated heterocycles. The fraction of sp³-hybridized carbons (Fsp3) is 0.323. The normalized spacial score (nSPS) is 19.1. The minimum absolute atomic E-state index is 0.00583. The van der Waals surface area contributed by atoms with Gasteiger partial charge in [0.2, 0.25) is 5.91 Å². The summed E-state index contributed by atoms with van der Waals surface area (Å²) in [6, 6.07) is 16.6. The first kappa shape index (κ1) is 27.2. The molecule has 0 bridgehead atoms. The first-order chi connectivity index (χ1) is 19.9. The third-order valence-corrected chi connectivity index (χ3v) is 8.87. The van der Waals surface area contributed by atoms with E-state index < -0.39 is 6.23 Å². The van der Waals surface area contributed by atoms with Crippen LogP contribution < -0.4 is 25.6 Å². The van der Waals surface area contributed by atoms with Crippen LogP contribution in [0.1, 0.15) is 55.7 Å². The fourth-order valence-electron chi connectivity index (χ4n) is 5.70. The van der Waals surface area contributed by atoms with Gasteiger partial charge in [-0.25, -0.2) is 9.78 Å². The number of hydrogen-bond donors (Lipinski definition) is 4. The van der Waals surface area contributed by atoms with Gasteiger partial charge in [-0.1, -0.05) is 38.0 Å². The maximum absolute atomic E-state index is 13.6. The second-order valence-electron chi connectivity index (χ2n) is 10.5. The van der Waals surface area contributed by atoms with E-state index in [-0.39, 0.29) is 24.0 Å². The van der Waals surface area contributed by atoms with Crippen LogP contribution in [0.25, 0.3) is 10.2 Å². The number of aliphatic hydroxyl groups excluding tert-OH is 1. The Bertz CT molecular complexity index is 1590. The van der Waals surface area contributed by atoms with Crippen LogP contribution in [0.15, 0.2) is 60.8 Å². The number of carbonyl (C=O) groups is 2. The van der Waals surface area contributed by atoms with E-state index in [1.807, 2.05) is 68.4 Å².